The van der Waals surface area contributed by atoms with Gasteiger partial charge in [-0.3, -0.25) is 0 Å². The molecule has 0 aromatic carbocycles. The van der Waals surface area contributed by atoms with Crippen LogP contribution in [0.2, 0.25) is 0 Å². The summed E-state index contributed by atoms with van der Waals surface area (Å²) in [7, 11) is 3.97. The molecule has 0 rings (SSSR count). The molecule has 0 N–H and O–H groups in total. The van der Waals surface area contributed by atoms with Gasteiger partial charge in [-0.05, 0) is 20.0 Å². The van der Waals surface area contributed by atoms with E-state index in [2.05, 4.69) is 13.8 Å². The van der Waals surface area contributed by atoms with Crippen LogP contribution in [0.3, 0.4) is 0 Å². The second-order valence-corrected chi connectivity index (χ2v) is 3.31. The lowest BCUT2D eigenvalue weighted by Gasteiger charge is -2.18. The second-order valence-electron chi connectivity index (χ2n) is 3.31. The molecular formula is C8H17NO. The first kappa shape index (κ1) is 9.63. The second kappa shape index (κ2) is 4.45. The van der Waals surface area contributed by atoms with Gasteiger partial charge in [0.2, 0.25) is 0 Å². The van der Waals surface area contributed by atoms with Crippen LogP contribution in [0.4, 0.5) is 0 Å². The van der Waals surface area contributed by atoms with Crippen LogP contribution >= 0.6 is 0 Å². The number of hydrogen-bond acceptors (Lipinski definition) is 2. The standard InChI is InChI=1S/C8H17NO/c1-7(2)8(6-10)5-9(3)4/h6-8H,5H2,1-4H3. The summed E-state index contributed by atoms with van der Waals surface area (Å²) in [6, 6.07) is 0. The molecule has 0 aromatic rings. The SMILES string of the molecule is CC(C)C(C=O)CN(C)C. The van der Waals surface area contributed by atoms with Gasteiger partial charge in [0.25, 0.3) is 0 Å². The van der Waals surface area contributed by atoms with Gasteiger partial charge >= 0.3 is 0 Å². The van der Waals surface area contributed by atoms with Gasteiger partial charge in [0, 0.05) is 12.5 Å². The van der Waals surface area contributed by atoms with Gasteiger partial charge in [-0.25, -0.2) is 0 Å². The Kier molecular flexibility index (Phi) is 4.28. The van der Waals surface area contributed by atoms with Gasteiger partial charge in [0.05, 0.1) is 0 Å². The van der Waals surface area contributed by atoms with Gasteiger partial charge in [-0.2, -0.15) is 0 Å². The first-order valence-electron chi connectivity index (χ1n) is 3.68. The summed E-state index contributed by atoms with van der Waals surface area (Å²) >= 11 is 0. The highest BCUT2D eigenvalue weighted by Crippen LogP contribution is 2.07. The summed E-state index contributed by atoms with van der Waals surface area (Å²) in [6.07, 6.45) is 1.05. The third kappa shape index (κ3) is 3.62. The van der Waals surface area contributed by atoms with Crippen LogP contribution in [-0.2, 0) is 4.79 Å². The number of carbonyl (C=O) groups excluding carboxylic acids is 1. The zero-order valence-electron chi connectivity index (χ0n) is 7.29. The fourth-order valence-electron chi connectivity index (χ4n) is 0.833. The van der Waals surface area contributed by atoms with E-state index in [1.165, 1.54) is 0 Å². The summed E-state index contributed by atoms with van der Waals surface area (Å²) in [5, 5.41) is 0. The molecule has 0 aliphatic carbocycles. The fraction of sp³-hybridized carbons (Fsp3) is 0.875. The molecular weight excluding hydrogens is 126 g/mol. The van der Waals surface area contributed by atoms with Crippen LogP contribution in [0.15, 0.2) is 0 Å². The maximum Gasteiger partial charge on any atom is 0.124 e. The Balaban J connectivity index is 3.71. The van der Waals surface area contributed by atoms with E-state index in [-0.39, 0.29) is 5.92 Å². The van der Waals surface area contributed by atoms with Crippen LogP contribution in [-0.4, -0.2) is 31.8 Å². The summed E-state index contributed by atoms with van der Waals surface area (Å²) in [6.45, 7) is 5.01. The highest BCUT2D eigenvalue weighted by Gasteiger charge is 2.11. The largest absolute Gasteiger partial charge is 0.309 e. The maximum atomic E-state index is 10.5. The summed E-state index contributed by atoms with van der Waals surface area (Å²) in [5.74, 6) is 0.648. The van der Waals surface area contributed by atoms with Crippen molar-refractivity contribution in [2.24, 2.45) is 11.8 Å². The molecule has 1 unspecified atom stereocenters. The summed E-state index contributed by atoms with van der Waals surface area (Å²) in [5.41, 5.74) is 0. The zero-order valence-corrected chi connectivity index (χ0v) is 7.29. The molecule has 0 amide bonds. The molecule has 0 saturated carbocycles. The summed E-state index contributed by atoms with van der Waals surface area (Å²) in [4.78, 5) is 12.5. The highest BCUT2D eigenvalue weighted by atomic mass is 16.1. The van der Waals surface area contributed by atoms with Crippen molar-refractivity contribution in [3.8, 4) is 0 Å². The average Bonchev–Trinajstić information content (AvgIpc) is 1.81. The molecule has 0 aliphatic heterocycles. The Morgan fingerprint density at radius 3 is 2.00 bits per heavy atom. The molecule has 2 heteroatoms. The molecule has 0 saturated heterocycles. The smallest absolute Gasteiger partial charge is 0.124 e. The number of nitrogens with zero attached hydrogens (tertiary/aromatic N) is 1. The molecule has 10 heavy (non-hydrogen) atoms. The minimum Gasteiger partial charge on any atom is -0.309 e. The van der Waals surface area contributed by atoms with Crippen molar-refractivity contribution in [1.82, 2.24) is 4.90 Å². The third-order valence-corrected chi connectivity index (χ3v) is 1.61. The molecule has 0 fully saturated rings. The van der Waals surface area contributed by atoms with Crippen LogP contribution < -0.4 is 0 Å². The fourth-order valence-corrected chi connectivity index (χ4v) is 0.833. The summed E-state index contributed by atoms with van der Waals surface area (Å²) < 4.78 is 0. The first-order valence-corrected chi connectivity index (χ1v) is 3.68. The molecule has 60 valence electrons. The minimum absolute atomic E-state index is 0.190. The van der Waals surface area contributed by atoms with E-state index < -0.39 is 0 Å². The predicted molar refractivity (Wildman–Crippen MR) is 42.9 cm³/mol. The number of hydrogen-bond donors (Lipinski definition) is 0. The Morgan fingerprint density at radius 2 is 1.90 bits per heavy atom. The first-order chi connectivity index (χ1) is 4.57. The van der Waals surface area contributed by atoms with E-state index in [0.29, 0.717) is 5.92 Å². The highest BCUT2D eigenvalue weighted by molar-refractivity contribution is 5.54. The third-order valence-electron chi connectivity index (χ3n) is 1.61. The van der Waals surface area contributed by atoms with Crippen molar-refractivity contribution in [3.05, 3.63) is 0 Å². The molecule has 0 heterocycles. The molecule has 1 atom stereocenters. The van der Waals surface area contributed by atoms with E-state index in [1.807, 2.05) is 19.0 Å². The van der Waals surface area contributed by atoms with Gasteiger partial charge in [-0.15, -0.1) is 0 Å². The van der Waals surface area contributed by atoms with Crippen LogP contribution in [0, 0.1) is 11.8 Å². The molecule has 2 nitrogen and oxygen atoms in total. The van der Waals surface area contributed by atoms with Crippen LogP contribution in [0.25, 0.3) is 0 Å². The van der Waals surface area contributed by atoms with Gasteiger partial charge in [0.1, 0.15) is 6.29 Å². The topological polar surface area (TPSA) is 20.3 Å². The minimum atomic E-state index is 0.190. The molecule has 0 aliphatic rings. The van der Waals surface area contributed by atoms with Crippen molar-refractivity contribution in [2.75, 3.05) is 20.6 Å². The Morgan fingerprint density at radius 1 is 1.40 bits per heavy atom. The number of rotatable bonds is 4. The molecule has 0 radical (unpaired) electrons. The van der Waals surface area contributed by atoms with Crippen molar-refractivity contribution in [1.29, 1.82) is 0 Å². The monoisotopic (exact) mass is 143 g/mol. The predicted octanol–water partition coefficient (Wildman–Crippen LogP) is 1.02. The van der Waals surface area contributed by atoms with Gasteiger partial charge < -0.3 is 9.69 Å². The van der Waals surface area contributed by atoms with Crippen molar-refractivity contribution < 1.29 is 4.79 Å². The number of carbonyl (C=O) groups is 1. The lowest BCUT2D eigenvalue weighted by molar-refractivity contribution is -0.112. The van der Waals surface area contributed by atoms with Gasteiger partial charge in [-0.1, -0.05) is 13.8 Å². The molecule has 0 spiro atoms. The van der Waals surface area contributed by atoms with E-state index in [1.54, 1.807) is 0 Å². The van der Waals surface area contributed by atoms with E-state index >= 15 is 0 Å². The normalized spacial score (nSPS) is 14.2. The zero-order chi connectivity index (χ0) is 8.15. The lowest BCUT2D eigenvalue weighted by atomic mass is 9.97. The quantitative estimate of drug-likeness (QED) is 0.548. The Labute approximate surface area is 63.2 Å². The van der Waals surface area contributed by atoms with Crippen LogP contribution in [0.1, 0.15) is 13.8 Å². The average molecular weight is 143 g/mol. The molecule has 0 bridgehead atoms. The van der Waals surface area contributed by atoms with E-state index in [0.717, 1.165) is 12.8 Å². The van der Waals surface area contributed by atoms with Gasteiger partial charge in [0.15, 0.2) is 0 Å². The Bertz CT molecular complexity index is 99.4. The van der Waals surface area contributed by atoms with E-state index in [4.69, 9.17) is 0 Å². The van der Waals surface area contributed by atoms with Crippen molar-refractivity contribution in [2.45, 2.75) is 13.8 Å². The maximum absolute atomic E-state index is 10.5. The number of aldehydes is 1. The van der Waals surface area contributed by atoms with Crippen LogP contribution in [0.5, 0.6) is 0 Å². The lowest BCUT2D eigenvalue weighted by Crippen LogP contribution is -2.26. The Hall–Kier alpha value is -0.370. The van der Waals surface area contributed by atoms with Crippen molar-refractivity contribution in [3.63, 3.8) is 0 Å². The van der Waals surface area contributed by atoms with E-state index in [9.17, 15) is 4.79 Å². The molecule has 0 aromatic heterocycles. The van der Waals surface area contributed by atoms with Crippen molar-refractivity contribution >= 4 is 6.29 Å².